The van der Waals surface area contributed by atoms with Crippen LogP contribution < -0.4 is 10.5 Å². The number of nitrogens with two attached hydrogens (primary N) is 1. The Morgan fingerprint density at radius 2 is 1.90 bits per heavy atom. The van der Waals surface area contributed by atoms with E-state index in [0.717, 1.165) is 17.9 Å². The molecule has 4 heteroatoms. The highest BCUT2D eigenvalue weighted by molar-refractivity contribution is 6.31. The van der Waals surface area contributed by atoms with E-state index in [4.69, 9.17) is 22.1 Å². The predicted molar refractivity (Wildman–Crippen MR) is 86.5 cm³/mol. The summed E-state index contributed by atoms with van der Waals surface area (Å²) in [6.45, 7) is 10.3. The lowest BCUT2D eigenvalue weighted by Gasteiger charge is -2.36. The summed E-state index contributed by atoms with van der Waals surface area (Å²) in [4.78, 5) is 2.40. The molecule has 0 saturated carbocycles. The Balaban J connectivity index is 3.22. The number of hydrogen-bond donors (Lipinski definition) is 1. The summed E-state index contributed by atoms with van der Waals surface area (Å²) < 4.78 is 5.48. The van der Waals surface area contributed by atoms with E-state index in [1.807, 2.05) is 18.2 Å². The monoisotopic (exact) mass is 298 g/mol. The lowest BCUT2D eigenvalue weighted by atomic mass is 10.0. The molecule has 0 amide bonds. The van der Waals surface area contributed by atoms with Gasteiger partial charge in [-0.05, 0) is 31.9 Å². The summed E-state index contributed by atoms with van der Waals surface area (Å²) in [7, 11) is 1.67. The molecule has 0 saturated heterocycles. The second kappa shape index (κ2) is 7.87. The van der Waals surface area contributed by atoms with Crippen molar-refractivity contribution >= 4 is 11.6 Å². The molecule has 0 aliphatic carbocycles. The fraction of sp³-hybridized carbons (Fsp3) is 0.625. The van der Waals surface area contributed by atoms with Gasteiger partial charge < -0.3 is 10.5 Å². The summed E-state index contributed by atoms with van der Waals surface area (Å²) >= 11 is 6.40. The van der Waals surface area contributed by atoms with Gasteiger partial charge in [-0.3, -0.25) is 4.90 Å². The first-order chi connectivity index (χ1) is 9.42. The minimum Gasteiger partial charge on any atom is -0.496 e. The molecule has 2 N–H and O–H groups in total. The smallest absolute Gasteiger partial charge is 0.125 e. The standard InChI is InChI=1S/C16H27ClN2O/c1-11(2)10-19(12(3)4)14(9-18)16-13(17)7-6-8-15(16)20-5/h6-8,11-12,14H,9-10,18H2,1-5H3. The zero-order valence-corrected chi connectivity index (χ0v) is 13.9. The van der Waals surface area contributed by atoms with Crippen LogP contribution >= 0.6 is 11.6 Å². The number of halogens is 1. The van der Waals surface area contributed by atoms with Crippen molar-refractivity contribution in [1.82, 2.24) is 4.90 Å². The minimum atomic E-state index is 0.0704. The molecule has 0 bridgehead atoms. The van der Waals surface area contributed by atoms with Gasteiger partial charge >= 0.3 is 0 Å². The molecule has 20 heavy (non-hydrogen) atoms. The second-order valence-corrected chi connectivity index (χ2v) is 6.20. The molecule has 0 aromatic heterocycles. The first-order valence-electron chi connectivity index (χ1n) is 7.20. The van der Waals surface area contributed by atoms with Crippen molar-refractivity contribution in [3.8, 4) is 5.75 Å². The van der Waals surface area contributed by atoms with E-state index in [1.54, 1.807) is 7.11 Å². The summed E-state index contributed by atoms with van der Waals surface area (Å²) in [5, 5.41) is 0.717. The number of rotatable bonds is 7. The van der Waals surface area contributed by atoms with Gasteiger partial charge in [0.1, 0.15) is 5.75 Å². The van der Waals surface area contributed by atoms with Crippen LogP contribution in [0.2, 0.25) is 5.02 Å². The highest BCUT2D eigenvalue weighted by Gasteiger charge is 2.26. The third-order valence-electron chi connectivity index (χ3n) is 3.43. The molecule has 0 aliphatic rings. The molecule has 1 rings (SSSR count). The van der Waals surface area contributed by atoms with Crippen molar-refractivity contribution in [2.24, 2.45) is 11.7 Å². The van der Waals surface area contributed by atoms with Gasteiger partial charge in [-0.15, -0.1) is 0 Å². The molecule has 1 aromatic rings. The maximum Gasteiger partial charge on any atom is 0.125 e. The third kappa shape index (κ3) is 4.11. The number of ether oxygens (including phenoxy) is 1. The summed E-state index contributed by atoms with van der Waals surface area (Å²) in [5.74, 6) is 1.38. The number of methoxy groups -OCH3 is 1. The zero-order chi connectivity index (χ0) is 15.3. The Bertz CT molecular complexity index is 421. The van der Waals surface area contributed by atoms with E-state index in [9.17, 15) is 0 Å². The van der Waals surface area contributed by atoms with Crippen LogP contribution in [0.25, 0.3) is 0 Å². The van der Waals surface area contributed by atoms with Crippen LogP contribution in [-0.2, 0) is 0 Å². The molecule has 0 fully saturated rings. The van der Waals surface area contributed by atoms with Gasteiger partial charge in [-0.25, -0.2) is 0 Å². The molecular weight excluding hydrogens is 272 g/mol. The van der Waals surface area contributed by atoms with Crippen molar-refractivity contribution < 1.29 is 4.74 Å². The van der Waals surface area contributed by atoms with Crippen LogP contribution in [0.4, 0.5) is 0 Å². The van der Waals surface area contributed by atoms with E-state index in [2.05, 4.69) is 32.6 Å². The van der Waals surface area contributed by atoms with E-state index in [1.165, 1.54) is 0 Å². The first-order valence-corrected chi connectivity index (χ1v) is 7.58. The van der Waals surface area contributed by atoms with Crippen LogP contribution in [0.5, 0.6) is 5.75 Å². The Labute approximate surface area is 128 Å². The lowest BCUT2D eigenvalue weighted by Crippen LogP contribution is -2.41. The third-order valence-corrected chi connectivity index (χ3v) is 3.76. The van der Waals surface area contributed by atoms with Crippen molar-refractivity contribution in [2.45, 2.75) is 39.8 Å². The van der Waals surface area contributed by atoms with E-state index >= 15 is 0 Å². The van der Waals surface area contributed by atoms with Crippen LogP contribution in [0.3, 0.4) is 0 Å². The molecule has 0 heterocycles. The van der Waals surface area contributed by atoms with Gasteiger partial charge in [-0.1, -0.05) is 31.5 Å². The first kappa shape index (κ1) is 17.3. The molecule has 0 aliphatic heterocycles. The van der Waals surface area contributed by atoms with E-state index < -0.39 is 0 Å². The number of hydrogen-bond acceptors (Lipinski definition) is 3. The summed E-state index contributed by atoms with van der Waals surface area (Å²) in [6.07, 6.45) is 0. The largest absolute Gasteiger partial charge is 0.496 e. The van der Waals surface area contributed by atoms with Crippen molar-refractivity contribution in [3.63, 3.8) is 0 Å². The highest BCUT2D eigenvalue weighted by atomic mass is 35.5. The molecule has 0 radical (unpaired) electrons. The average Bonchev–Trinajstić information content (AvgIpc) is 2.39. The lowest BCUT2D eigenvalue weighted by molar-refractivity contribution is 0.136. The maximum atomic E-state index is 6.40. The topological polar surface area (TPSA) is 38.5 Å². The van der Waals surface area contributed by atoms with Gasteiger partial charge in [0.15, 0.2) is 0 Å². The summed E-state index contributed by atoms with van der Waals surface area (Å²) in [5.41, 5.74) is 7.05. The van der Waals surface area contributed by atoms with Gasteiger partial charge in [0.2, 0.25) is 0 Å². The quantitative estimate of drug-likeness (QED) is 0.834. The minimum absolute atomic E-state index is 0.0704. The Morgan fingerprint density at radius 1 is 1.25 bits per heavy atom. The SMILES string of the molecule is COc1cccc(Cl)c1C(CN)N(CC(C)C)C(C)C. The molecule has 114 valence electrons. The fourth-order valence-electron chi connectivity index (χ4n) is 2.56. The van der Waals surface area contributed by atoms with Crippen LogP contribution in [0.15, 0.2) is 18.2 Å². The van der Waals surface area contributed by atoms with Crippen LogP contribution in [-0.4, -0.2) is 31.1 Å². The average molecular weight is 299 g/mol. The van der Waals surface area contributed by atoms with Crippen molar-refractivity contribution in [1.29, 1.82) is 0 Å². The summed E-state index contributed by atoms with van der Waals surface area (Å²) in [6, 6.07) is 6.21. The molecule has 3 nitrogen and oxygen atoms in total. The molecule has 1 atom stereocenters. The van der Waals surface area contributed by atoms with Crippen LogP contribution in [0.1, 0.15) is 39.3 Å². The van der Waals surface area contributed by atoms with Crippen molar-refractivity contribution in [3.05, 3.63) is 28.8 Å². The second-order valence-electron chi connectivity index (χ2n) is 5.79. The normalized spacial score (nSPS) is 13.3. The molecular formula is C16H27ClN2O. The van der Waals surface area contributed by atoms with Gasteiger partial charge in [0, 0.05) is 29.7 Å². The Morgan fingerprint density at radius 3 is 2.35 bits per heavy atom. The maximum absolute atomic E-state index is 6.40. The highest BCUT2D eigenvalue weighted by Crippen LogP contribution is 2.36. The molecule has 0 spiro atoms. The number of nitrogens with zero attached hydrogens (tertiary/aromatic N) is 1. The predicted octanol–water partition coefficient (Wildman–Crippen LogP) is 3.71. The van der Waals surface area contributed by atoms with Crippen molar-refractivity contribution in [2.75, 3.05) is 20.2 Å². The zero-order valence-electron chi connectivity index (χ0n) is 13.2. The number of benzene rings is 1. The van der Waals surface area contributed by atoms with E-state index in [-0.39, 0.29) is 6.04 Å². The van der Waals surface area contributed by atoms with Gasteiger partial charge in [0.25, 0.3) is 0 Å². The van der Waals surface area contributed by atoms with Crippen LogP contribution in [0, 0.1) is 5.92 Å². The van der Waals surface area contributed by atoms with Gasteiger partial charge in [0.05, 0.1) is 13.2 Å². The Hall–Kier alpha value is -0.770. The van der Waals surface area contributed by atoms with E-state index in [0.29, 0.717) is 23.5 Å². The Kier molecular flexibility index (Phi) is 6.80. The van der Waals surface area contributed by atoms with Gasteiger partial charge in [-0.2, -0.15) is 0 Å². The molecule has 1 aromatic carbocycles. The fourth-order valence-corrected chi connectivity index (χ4v) is 2.85. The molecule has 1 unspecified atom stereocenters.